The fourth-order valence-corrected chi connectivity index (χ4v) is 3.00. The lowest BCUT2D eigenvalue weighted by atomic mass is 10.3. The normalized spacial score (nSPS) is 13.5. The SMILES string of the molecule is CCOC(C)CNS(=O)(=O)c1ccc(N)c(Br)c1. The molecule has 5 nitrogen and oxygen atoms in total. The zero-order chi connectivity index (χ0) is 13.8. The van der Waals surface area contributed by atoms with Crippen LogP contribution in [0.1, 0.15) is 13.8 Å². The van der Waals surface area contributed by atoms with Gasteiger partial charge in [0.2, 0.25) is 10.0 Å². The van der Waals surface area contributed by atoms with Crippen molar-refractivity contribution in [3.8, 4) is 0 Å². The molecule has 0 radical (unpaired) electrons. The molecule has 1 aromatic rings. The lowest BCUT2D eigenvalue weighted by molar-refractivity contribution is 0.0799. The van der Waals surface area contributed by atoms with Gasteiger partial charge in [-0.1, -0.05) is 0 Å². The largest absolute Gasteiger partial charge is 0.398 e. The molecule has 1 aromatic carbocycles. The first-order valence-corrected chi connectivity index (χ1v) is 7.80. The Morgan fingerprint density at radius 2 is 2.17 bits per heavy atom. The standard InChI is InChI=1S/C11H17BrN2O3S/c1-3-17-8(2)7-14-18(15,16)9-4-5-11(13)10(12)6-9/h4-6,8,14H,3,7,13H2,1-2H3. The number of nitrogens with one attached hydrogen (secondary N) is 1. The molecule has 0 heterocycles. The second kappa shape index (κ2) is 6.51. The monoisotopic (exact) mass is 336 g/mol. The van der Waals surface area contributed by atoms with E-state index in [9.17, 15) is 8.42 Å². The van der Waals surface area contributed by atoms with Gasteiger partial charge in [0.15, 0.2) is 0 Å². The number of anilines is 1. The predicted molar refractivity (Wildman–Crippen MR) is 74.8 cm³/mol. The second-order valence-electron chi connectivity index (χ2n) is 3.80. The van der Waals surface area contributed by atoms with Gasteiger partial charge in [-0.2, -0.15) is 0 Å². The number of ether oxygens (including phenoxy) is 1. The number of nitrogen functional groups attached to an aromatic ring is 1. The molecule has 1 atom stereocenters. The van der Waals surface area contributed by atoms with Gasteiger partial charge < -0.3 is 10.5 Å². The Balaban J connectivity index is 2.77. The number of hydrogen-bond donors (Lipinski definition) is 2. The van der Waals surface area contributed by atoms with Gasteiger partial charge in [-0.3, -0.25) is 0 Å². The van der Waals surface area contributed by atoms with Crippen molar-refractivity contribution in [2.75, 3.05) is 18.9 Å². The van der Waals surface area contributed by atoms with Crippen LogP contribution in [0, 0.1) is 0 Å². The third kappa shape index (κ3) is 4.24. The van der Waals surface area contributed by atoms with Gasteiger partial charge in [0.1, 0.15) is 0 Å². The summed E-state index contributed by atoms with van der Waals surface area (Å²) in [5.74, 6) is 0. The van der Waals surface area contributed by atoms with Crippen molar-refractivity contribution in [3.05, 3.63) is 22.7 Å². The minimum Gasteiger partial charge on any atom is -0.398 e. The van der Waals surface area contributed by atoms with Gasteiger partial charge in [0.25, 0.3) is 0 Å². The van der Waals surface area contributed by atoms with E-state index in [-0.39, 0.29) is 17.5 Å². The molecule has 0 fully saturated rings. The zero-order valence-corrected chi connectivity index (χ0v) is 12.7. The maximum atomic E-state index is 12.0. The van der Waals surface area contributed by atoms with Gasteiger partial charge in [0, 0.05) is 23.3 Å². The van der Waals surface area contributed by atoms with Crippen LogP contribution in [0.2, 0.25) is 0 Å². The van der Waals surface area contributed by atoms with E-state index < -0.39 is 10.0 Å². The highest BCUT2D eigenvalue weighted by atomic mass is 79.9. The maximum absolute atomic E-state index is 12.0. The van der Waals surface area contributed by atoms with Crippen molar-refractivity contribution in [1.29, 1.82) is 0 Å². The number of benzene rings is 1. The lowest BCUT2D eigenvalue weighted by Gasteiger charge is -2.13. The molecular formula is C11H17BrN2O3S. The molecule has 0 saturated carbocycles. The number of halogens is 1. The predicted octanol–water partition coefficient (Wildman–Crippen LogP) is 1.73. The minimum absolute atomic E-state index is 0.165. The van der Waals surface area contributed by atoms with Gasteiger partial charge in [-0.15, -0.1) is 0 Å². The first-order valence-electron chi connectivity index (χ1n) is 5.53. The van der Waals surface area contributed by atoms with E-state index in [1.165, 1.54) is 12.1 Å². The molecule has 0 aliphatic rings. The Morgan fingerprint density at radius 1 is 1.50 bits per heavy atom. The van der Waals surface area contributed by atoms with E-state index >= 15 is 0 Å². The summed E-state index contributed by atoms with van der Waals surface area (Å²) in [6, 6.07) is 4.49. The average molecular weight is 337 g/mol. The number of rotatable bonds is 6. The molecule has 18 heavy (non-hydrogen) atoms. The van der Waals surface area contributed by atoms with Gasteiger partial charge in [-0.05, 0) is 48.0 Å². The van der Waals surface area contributed by atoms with Gasteiger partial charge in [0.05, 0.1) is 11.0 Å². The van der Waals surface area contributed by atoms with Crippen LogP contribution < -0.4 is 10.5 Å². The molecular weight excluding hydrogens is 320 g/mol. The Morgan fingerprint density at radius 3 is 2.72 bits per heavy atom. The van der Waals surface area contributed by atoms with E-state index in [1.807, 2.05) is 13.8 Å². The van der Waals surface area contributed by atoms with E-state index in [0.717, 1.165) is 0 Å². The van der Waals surface area contributed by atoms with Crippen LogP contribution in [-0.2, 0) is 14.8 Å². The van der Waals surface area contributed by atoms with E-state index in [2.05, 4.69) is 20.7 Å². The van der Waals surface area contributed by atoms with Gasteiger partial charge >= 0.3 is 0 Å². The van der Waals surface area contributed by atoms with Crippen LogP contribution in [0.25, 0.3) is 0 Å². The summed E-state index contributed by atoms with van der Waals surface area (Å²) in [5, 5.41) is 0. The molecule has 0 saturated heterocycles. The zero-order valence-electron chi connectivity index (χ0n) is 10.3. The van der Waals surface area contributed by atoms with Crippen LogP contribution in [0.5, 0.6) is 0 Å². The quantitative estimate of drug-likeness (QED) is 0.775. The van der Waals surface area contributed by atoms with Crippen LogP contribution in [0.4, 0.5) is 5.69 Å². The lowest BCUT2D eigenvalue weighted by Crippen LogP contribution is -2.32. The second-order valence-corrected chi connectivity index (χ2v) is 6.42. The van der Waals surface area contributed by atoms with Crippen LogP contribution in [0.3, 0.4) is 0 Å². The van der Waals surface area contributed by atoms with Crippen LogP contribution in [0.15, 0.2) is 27.6 Å². The molecule has 0 amide bonds. The smallest absolute Gasteiger partial charge is 0.240 e. The highest BCUT2D eigenvalue weighted by Crippen LogP contribution is 2.22. The molecule has 0 bridgehead atoms. The van der Waals surface area contributed by atoms with Crippen molar-refractivity contribution < 1.29 is 13.2 Å². The molecule has 0 aliphatic heterocycles. The maximum Gasteiger partial charge on any atom is 0.240 e. The van der Waals surface area contributed by atoms with Crippen molar-refractivity contribution in [3.63, 3.8) is 0 Å². The molecule has 102 valence electrons. The van der Waals surface area contributed by atoms with Gasteiger partial charge in [-0.25, -0.2) is 13.1 Å². The Kier molecular flexibility index (Phi) is 5.58. The summed E-state index contributed by atoms with van der Waals surface area (Å²) in [5.41, 5.74) is 6.11. The Labute approximate surface area is 116 Å². The van der Waals surface area contributed by atoms with E-state index in [1.54, 1.807) is 6.07 Å². The summed E-state index contributed by atoms with van der Waals surface area (Å²) in [4.78, 5) is 0.173. The molecule has 0 spiro atoms. The molecule has 1 unspecified atom stereocenters. The third-order valence-electron chi connectivity index (χ3n) is 2.29. The number of sulfonamides is 1. The molecule has 0 aromatic heterocycles. The highest BCUT2D eigenvalue weighted by molar-refractivity contribution is 9.10. The van der Waals surface area contributed by atoms with Crippen molar-refractivity contribution in [2.45, 2.75) is 24.8 Å². The average Bonchev–Trinajstić information content (AvgIpc) is 2.30. The first kappa shape index (κ1) is 15.4. The molecule has 7 heteroatoms. The topological polar surface area (TPSA) is 81.4 Å². The van der Waals surface area contributed by atoms with Crippen molar-refractivity contribution in [1.82, 2.24) is 4.72 Å². The fraction of sp³-hybridized carbons (Fsp3) is 0.455. The summed E-state index contributed by atoms with van der Waals surface area (Å²) < 4.78 is 32.3. The minimum atomic E-state index is -3.53. The highest BCUT2D eigenvalue weighted by Gasteiger charge is 2.16. The van der Waals surface area contributed by atoms with Crippen molar-refractivity contribution in [2.24, 2.45) is 0 Å². The molecule has 1 rings (SSSR count). The van der Waals surface area contributed by atoms with E-state index in [0.29, 0.717) is 16.8 Å². The summed E-state index contributed by atoms with van der Waals surface area (Å²) in [6.07, 6.45) is -0.165. The summed E-state index contributed by atoms with van der Waals surface area (Å²) >= 11 is 3.20. The van der Waals surface area contributed by atoms with Crippen molar-refractivity contribution >= 4 is 31.6 Å². The Hall–Kier alpha value is -0.630. The number of hydrogen-bond acceptors (Lipinski definition) is 4. The Bertz CT molecular complexity index is 505. The van der Waals surface area contributed by atoms with E-state index in [4.69, 9.17) is 10.5 Å². The van der Waals surface area contributed by atoms with Crippen LogP contribution in [-0.4, -0.2) is 27.7 Å². The summed E-state index contributed by atoms with van der Waals surface area (Å²) in [6.45, 7) is 4.46. The number of nitrogens with two attached hydrogens (primary N) is 1. The first-order chi connectivity index (χ1) is 8.36. The molecule has 3 N–H and O–H groups in total. The fourth-order valence-electron chi connectivity index (χ4n) is 1.33. The summed E-state index contributed by atoms with van der Waals surface area (Å²) in [7, 11) is -3.53. The van der Waals surface area contributed by atoms with Crippen LogP contribution >= 0.6 is 15.9 Å². The molecule has 0 aliphatic carbocycles. The third-order valence-corrected chi connectivity index (χ3v) is 4.40.